The number of carbonyl (C=O) groups excluding carboxylic acids is 3. The van der Waals surface area contributed by atoms with Crippen LogP contribution in [0.4, 0.5) is 0 Å². The Morgan fingerprint density at radius 2 is 1.82 bits per heavy atom. The Hall–Kier alpha value is -2.42. The van der Waals surface area contributed by atoms with Gasteiger partial charge in [0.25, 0.3) is 0 Å². The summed E-state index contributed by atoms with van der Waals surface area (Å²) in [5, 5.41) is 15.7. The predicted octanol–water partition coefficient (Wildman–Crippen LogP) is 0.818. The number of carboxylic acid groups (broad SMARTS) is 1. The van der Waals surface area contributed by atoms with Gasteiger partial charge in [-0.05, 0) is 0 Å². The van der Waals surface area contributed by atoms with Crippen LogP contribution in [0.2, 0.25) is 11.1 Å². The summed E-state index contributed by atoms with van der Waals surface area (Å²) >= 11 is 0.288. The van der Waals surface area contributed by atoms with Crippen LogP contribution in [0.15, 0.2) is 30.3 Å². The van der Waals surface area contributed by atoms with Crippen molar-refractivity contribution in [3.63, 3.8) is 0 Å². The summed E-state index contributed by atoms with van der Waals surface area (Å²) in [6.45, 7) is 3.97. The third kappa shape index (κ3) is 7.82. The number of carbonyl (C=O) groups is 4. The van der Waals surface area contributed by atoms with E-state index in [9.17, 15) is 24.3 Å². The number of benzene rings is 1. The molecule has 3 amide bonds. The van der Waals surface area contributed by atoms with E-state index < -0.39 is 42.0 Å². The molecule has 1 aliphatic heterocycles. The molecule has 1 heterocycles. The van der Waals surface area contributed by atoms with E-state index in [1.165, 1.54) is 4.90 Å². The molecule has 0 bridgehead atoms. The maximum absolute atomic E-state index is 13.2. The number of rotatable bonds is 12. The molecular weight excluding hydrogens is 503 g/mol. The molecule has 3 unspecified atom stereocenters. The molecule has 0 aliphatic carbocycles. The second-order valence-corrected chi connectivity index (χ2v) is 11.0. The van der Waals surface area contributed by atoms with E-state index in [1.807, 2.05) is 36.2 Å². The van der Waals surface area contributed by atoms with E-state index in [-0.39, 0.29) is 26.8 Å². The second kappa shape index (κ2) is 13.5. The molecule has 0 aromatic heterocycles. The first-order valence-corrected chi connectivity index (χ1v) is 14.5. The molecule has 0 radical (unpaired) electrons. The Morgan fingerprint density at radius 3 is 2.41 bits per heavy atom. The standard InChI is InChI=1S/C24H36N4O5Se/c1-15(2)20(27-21(29)17(25)14-16-8-5-4-6-9-16)22(30)26-18(11-13-34-3)23(31)28-12-7-10-19(28)24(32)33/h4-6,8-9,15,17-20H,7,10-14,25H2,1-3H3,(H,26,30)(H,27,29)(H,32,33)/t17?,18?,19-,20?/m0/s1. The van der Waals surface area contributed by atoms with Crippen molar-refractivity contribution in [3.05, 3.63) is 35.9 Å². The molecule has 9 nitrogen and oxygen atoms in total. The van der Waals surface area contributed by atoms with Gasteiger partial charge in [-0.15, -0.1) is 0 Å². The molecule has 1 aliphatic rings. The molecule has 1 fully saturated rings. The molecule has 10 heteroatoms. The first-order valence-electron chi connectivity index (χ1n) is 11.6. The summed E-state index contributed by atoms with van der Waals surface area (Å²) in [7, 11) is 0. The Morgan fingerprint density at radius 1 is 1.15 bits per heavy atom. The summed E-state index contributed by atoms with van der Waals surface area (Å²) in [5.41, 5.74) is 7.00. The molecule has 1 aromatic carbocycles. The average molecular weight is 540 g/mol. The number of amides is 3. The minimum absolute atomic E-state index is 0.238. The monoisotopic (exact) mass is 540 g/mol. The number of carboxylic acids is 1. The van der Waals surface area contributed by atoms with Gasteiger partial charge in [0.1, 0.15) is 0 Å². The van der Waals surface area contributed by atoms with Crippen LogP contribution >= 0.6 is 0 Å². The topological polar surface area (TPSA) is 142 Å². The molecule has 1 aromatic rings. The second-order valence-electron chi connectivity index (χ2n) is 8.90. The number of hydrogen-bond acceptors (Lipinski definition) is 5. The summed E-state index contributed by atoms with van der Waals surface area (Å²) in [4.78, 5) is 52.0. The van der Waals surface area contributed by atoms with Crippen molar-refractivity contribution in [2.75, 3.05) is 6.54 Å². The van der Waals surface area contributed by atoms with Crippen LogP contribution in [0.3, 0.4) is 0 Å². The van der Waals surface area contributed by atoms with E-state index in [1.54, 1.807) is 13.8 Å². The number of hydrogen-bond donors (Lipinski definition) is 4. The molecule has 0 saturated carbocycles. The van der Waals surface area contributed by atoms with E-state index in [0.29, 0.717) is 32.2 Å². The first-order chi connectivity index (χ1) is 16.1. The van der Waals surface area contributed by atoms with Crippen LogP contribution in [-0.2, 0) is 25.6 Å². The maximum atomic E-state index is 13.2. The normalized spacial score (nSPS) is 18.3. The molecule has 0 spiro atoms. The Balaban J connectivity index is 2.08. The van der Waals surface area contributed by atoms with E-state index >= 15 is 0 Å². The van der Waals surface area contributed by atoms with Crippen molar-refractivity contribution in [2.24, 2.45) is 11.7 Å². The molecule has 2 rings (SSSR count). The van der Waals surface area contributed by atoms with Gasteiger partial charge in [-0.3, -0.25) is 0 Å². The first kappa shape index (κ1) is 27.8. The zero-order chi connectivity index (χ0) is 25.3. The zero-order valence-corrected chi connectivity index (χ0v) is 21.7. The van der Waals surface area contributed by atoms with Gasteiger partial charge in [0.15, 0.2) is 0 Å². The number of nitrogens with two attached hydrogens (primary N) is 1. The quantitative estimate of drug-likeness (QED) is 0.290. The fourth-order valence-corrected chi connectivity index (χ4v) is 4.99. The van der Waals surface area contributed by atoms with Gasteiger partial charge in [0.05, 0.1) is 0 Å². The van der Waals surface area contributed by atoms with Crippen LogP contribution in [0.5, 0.6) is 0 Å². The third-order valence-corrected chi connectivity index (χ3v) is 7.28. The van der Waals surface area contributed by atoms with E-state index in [4.69, 9.17) is 5.73 Å². The molecule has 5 N–H and O–H groups in total. The number of nitrogens with one attached hydrogen (secondary N) is 2. The van der Waals surface area contributed by atoms with E-state index in [2.05, 4.69) is 10.6 Å². The van der Waals surface area contributed by atoms with Gasteiger partial charge in [-0.2, -0.15) is 0 Å². The van der Waals surface area contributed by atoms with Crippen LogP contribution in [-0.4, -0.2) is 79.4 Å². The van der Waals surface area contributed by atoms with Crippen molar-refractivity contribution in [2.45, 2.75) is 74.8 Å². The summed E-state index contributed by atoms with van der Waals surface area (Å²) in [6, 6.07) is 6.00. The third-order valence-electron chi connectivity index (χ3n) is 5.93. The molecule has 188 valence electrons. The molecule has 1 saturated heterocycles. The minimum atomic E-state index is -1.03. The summed E-state index contributed by atoms with van der Waals surface area (Å²) < 4.78 is 0. The average Bonchev–Trinajstić information content (AvgIpc) is 3.30. The van der Waals surface area contributed by atoms with E-state index in [0.717, 1.165) is 10.9 Å². The SMILES string of the molecule is C[Se]CCC(NC(=O)C(NC(=O)C(N)Cc1ccccc1)C(C)C)C(=O)N1CCC[C@H]1C(=O)O. The van der Waals surface area contributed by atoms with Gasteiger partial charge >= 0.3 is 189 Å². The van der Waals surface area contributed by atoms with Crippen LogP contribution in [0.25, 0.3) is 0 Å². The van der Waals surface area contributed by atoms with Crippen LogP contribution < -0.4 is 16.4 Å². The van der Waals surface area contributed by atoms with Gasteiger partial charge in [-0.25, -0.2) is 0 Å². The molecular formula is C24H36N4O5Se. The van der Waals surface area contributed by atoms with Crippen molar-refractivity contribution >= 4 is 38.6 Å². The Labute approximate surface area is 207 Å². The number of nitrogens with zero attached hydrogens (tertiary/aromatic N) is 1. The number of aliphatic carboxylic acids is 1. The van der Waals surface area contributed by atoms with Gasteiger partial charge in [0.2, 0.25) is 0 Å². The summed E-state index contributed by atoms with van der Waals surface area (Å²) in [6.07, 6.45) is 1.79. The zero-order valence-electron chi connectivity index (χ0n) is 20.0. The van der Waals surface area contributed by atoms with Crippen molar-refractivity contribution in [3.8, 4) is 0 Å². The van der Waals surface area contributed by atoms with Crippen LogP contribution in [0, 0.1) is 5.92 Å². The van der Waals surface area contributed by atoms with Crippen molar-refractivity contribution < 1.29 is 24.3 Å². The van der Waals surface area contributed by atoms with Crippen molar-refractivity contribution in [1.29, 1.82) is 0 Å². The van der Waals surface area contributed by atoms with Gasteiger partial charge < -0.3 is 0 Å². The predicted molar refractivity (Wildman–Crippen MR) is 130 cm³/mol. The molecule has 34 heavy (non-hydrogen) atoms. The Kier molecular flexibility index (Phi) is 11.0. The van der Waals surface area contributed by atoms with Crippen LogP contribution in [0.1, 0.15) is 38.7 Å². The fraction of sp³-hybridized carbons (Fsp3) is 0.583. The van der Waals surface area contributed by atoms with Crippen molar-refractivity contribution in [1.82, 2.24) is 15.5 Å². The Bertz CT molecular complexity index is 851. The fourth-order valence-electron chi connectivity index (χ4n) is 4.00. The van der Waals surface area contributed by atoms with Gasteiger partial charge in [-0.1, -0.05) is 18.2 Å². The number of likely N-dealkylation sites (tertiary alicyclic amines) is 1. The molecule has 4 atom stereocenters. The summed E-state index contributed by atoms with van der Waals surface area (Å²) in [5.74, 6) is -0.520. The van der Waals surface area contributed by atoms with Gasteiger partial charge in [0, 0.05) is 0 Å².